The Bertz CT molecular complexity index is 916. The first-order valence-corrected chi connectivity index (χ1v) is 9.01. The number of hydrogen-bond donors (Lipinski definition) is 0. The summed E-state index contributed by atoms with van der Waals surface area (Å²) in [6.07, 6.45) is 1.87. The Labute approximate surface area is 165 Å². The van der Waals surface area contributed by atoms with Crippen molar-refractivity contribution in [3.8, 4) is 0 Å². The van der Waals surface area contributed by atoms with Crippen LogP contribution >= 0.6 is 11.6 Å². The second-order valence-corrected chi connectivity index (χ2v) is 6.96. The molecule has 0 bridgehead atoms. The standard InChI is InChI=1S/C17H17ClN6O4/c1-21-6-8-22(9-7-21)17(26)28-16-14-13(19-4-5-23(14)27)15(25)24(16)12-3-2-11(18)10-20-12/h2-5,10,16H,6-9H2,1H3/t16-/m0/s1. The van der Waals surface area contributed by atoms with Crippen LogP contribution in [0, 0.1) is 5.21 Å². The van der Waals surface area contributed by atoms with Crippen LogP contribution in [0.4, 0.5) is 10.6 Å². The normalized spacial score (nSPS) is 19.6. The smallest absolute Gasteiger partial charge is 0.412 e. The first-order chi connectivity index (χ1) is 13.5. The molecule has 2 amide bonds. The molecule has 2 aliphatic heterocycles. The van der Waals surface area contributed by atoms with E-state index < -0.39 is 18.2 Å². The van der Waals surface area contributed by atoms with Gasteiger partial charge in [-0.25, -0.2) is 19.7 Å². The highest BCUT2D eigenvalue weighted by atomic mass is 35.5. The Morgan fingerprint density at radius 3 is 2.71 bits per heavy atom. The zero-order valence-corrected chi connectivity index (χ0v) is 15.7. The van der Waals surface area contributed by atoms with Crippen molar-refractivity contribution in [3.63, 3.8) is 0 Å². The largest absolute Gasteiger partial charge is 0.618 e. The summed E-state index contributed by atoms with van der Waals surface area (Å²) in [4.78, 5) is 38.5. The zero-order chi connectivity index (χ0) is 19.8. The van der Waals surface area contributed by atoms with Crippen LogP contribution in [-0.4, -0.2) is 65.0 Å². The van der Waals surface area contributed by atoms with Crippen molar-refractivity contribution in [2.75, 3.05) is 38.1 Å². The van der Waals surface area contributed by atoms with Gasteiger partial charge in [-0.1, -0.05) is 11.6 Å². The van der Waals surface area contributed by atoms with Gasteiger partial charge in [-0.3, -0.25) is 4.79 Å². The summed E-state index contributed by atoms with van der Waals surface area (Å²) < 4.78 is 6.08. The van der Waals surface area contributed by atoms with E-state index in [1.54, 1.807) is 11.0 Å². The molecular formula is C17H17ClN6O4. The molecule has 28 heavy (non-hydrogen) atoms. The van der Waals surface area contributed by atoms with Crippen LogP contribution in [0.2, 0.25) is 5.02 Å². The number of aromatic nitrogens is 3. The van der Waals surface area contributed by atoms with Crippen LogP contribution in [0.3, 0.4) is 0 Å². The number of ether oxygens (including phenoxy) is 1. The Hall–Kier alpha value is -2.98. The van der Waals surface area contributed by atoms with Gasteiger partial charge in [0.05, 0.1) is 11.2 Å². The molecule has 11 heteroatoms. The first kappa shape index (κ1) is 18.4. The maximum Gasteiger partial charge on any atom is 0.412 e. The lowest BCUT2D eigenvalue weighted by Crippen LogP contribution is -2.48. The predicted molar refractivity (Wildman–Crippen MR) is 97.5 cm³/mol. The van der Waals surface area contributed by atoms with E-state index in [2.05, 4.69) is 14.9 Å². The molecule has 146 valence electrons. The summed E-state index contributed by atoms with van der Waals surface area (Å²) in [7, 11) is 1.97. The molecule has 0 radical (unpaired) electrons. The highest BCUT2D eigenvalue weighted by Gasteiger charge is 2.49. The number of carbonyl (C=O) groups excluding carboxylic acids is 2. The fourth-order valence-electron chi connectivity index (χ4n) is 3.15. The van der Waals surface area contributed by atoms with E-state index in [1.807, 2.05) is 7.05 Å². The Kier molecular flexibility index (Phi) is 4.73. The molecule has 1 saturated heterocycles. The summed E-state index contributed by atoms with van der Waals surface area (Å²) in [5, 5.41) is 12.7. The number of rotatable bonds is 2. The number of anilines is 1. The maximum atomic E-state index is 12.9. The number of carbonyl (C=O) groups is 2. The molecule has 10 nitrogen and oxygen atoms in total. The van der Waals surface area contributed by atoms with Crippen molar-refractivity contribution in [1.29, 1.82) is 0 Å². The van der Waals surface area contributed by atoms with E-state index in [1.165, 1.54) is 18.5 Å². The van der Waals surface area contributed by atoms with E-state index in [9.17, 15) is 14.8 Å². The van der Waals surface area contributed by atoms with Gasteiger partial charge in [-0.05, 0) is 19.2 Å². The van der Waals surface area contributed by atoms with Gasteiger partial charge in [-0.15, -0.1) is 0 Å². The van der Waals surface area contributed by atoms with Gasteiger partial charge >= 0.3 is 6.09 Å². The van der Waals surface area contributed by atoms with E-state index in [4.69, 9.17) is 16.3 Å². The van der Waals surface area contributed by atoms with Crippen LogP contribution < -0.4 is 9.63 Å². The Balaban J connectivity index is 1.67. The summed E-state index contributed by atoms with van der Waals surface area (Å²) in [5.74, 6) is -0.380. The fourth-order valence-corrected chi connectivity index (χ4v) is 3.27. The molecule has 0 aliphatic carbocycles. The van der Waals surface area contributed by atoms with Crippen molar-refractivity contribution >= 4 is 29.4 Å². The van der Waals surface area contributed by atoms with Gasteiger partial charge in [0, 0.05) is 32.4 Å². The van der Waals surface area contributed by atoms with E-state index >= 15 is 0 Å². The van der Waals surface area contributed by atoms with Gasteiger partial charge in [0.2, 0.25) is 5.69 Å². The molecule has 2 aromatic rings. The minimum atomic E-state index is -1.27. The second kappa shape index (κ2) is 7.21. The average molecular weight is 405 g/mol. The molecule has 0 N–H and O–H groups in total. The highest BCUT2D eigenvalue weighted by Crippen LogP contribution is 2.35. The molecule has 2 aliphatic rings. The minimum absolute atomic E-state index is 0.0493. The number of piperazine rings is 1. The lowest BCUT2D eigenvalue weighted by Gasteiger charge is -2.33. The molecule has 4 heterocycles. The monoisotopic (exact) mass is 404 g/mol. The van der Waals surface area contributed by atoms with E-state index in [0.717, 1.165) is 11.1 Å². The Morgan fingerprint density at radius 1 is 1.29 bits per heavy atom. The van der Waals surface area contributed by atoms with Crippen molar-refractivity contribution in [2.45, 2.75) is 6.23 Å². The van der Waals surface area contributed by atoms with Crippen LogP contribution in [0.25, 0.3) is 0 Å². The predicted octanol–water partition coefficient (Wildman–Crippen LogP) is 0.806. The fraction of sp³-hybridized carbons (Fsp3) is 0.353. The van der Waals surface area contributed by atoms with Crippen LogP contribution in [0.15, 0.2) is 30.7 Å². The van der Waals surface area contributed by atoms with Crippen molar-refractivity contribution < 1.29 is 19.1 Å². The number of likely N-dealkylation sites (N-methyl/N-ethyl adjacent to an activating group) is 1. The summed E-state index contributed by atoms with van der Waals surface area (Å²) in [5.41, 5.74) is -0.128. The number of pyridine rings is 1. The van der Waals surface area contributed by atoms with Gasteiger partial charge in [0.15, 0.2) is 6.20 Å². The van der Waals surface area contributed by atoms with Crippen LogP contribution in [0.5, 0.6) is 0 Å². The van der Waals surface area contributed by atoms with Crippen molar-refractivity contribution in [2.24, 2.45) is 0 Å². The molecule has 1 fully saturated rings. The topological polar surface area (TPSA) is 106 Å². The molecule has 0 saturated carbocycles. The van der Waals surface area contributed by atoms with Crippen molar-refractivity contribution in [3.05, 3.63) is 52.3 Å². The number of hydrogen-bond acceptors (Lipinski definition) is 7. The van der Waals surface area contributed by atoms with Gasteiger partial charge in [-0.2, -0.15) is 4.73 Å². The second-order valence-electron chi connectivity index (χ2n) is 6.52. The lowest BCUT2D eigenvalue weighted by atomic mass is 10.3. The molecule has 4 rings (SSSR count). The summed E-state index contributed by atoms with van der Waals surface area (Å²) in [6.45, 7) is 2.40. The highest BCUT2D eigenvalue weighted by molar-refractivity contribution is 6.30. The van der Waals surface area contributed by atoms with E-state index in [-0.39, 0.29) is 17.2 Å². The average Bonchev–Trinajstić information content (AvgIpc) is 2.96. The molecule has 0 unspecified atom stereocenters. The minimum Gasteiger partial charge on any atom is -0.618 e. The van der Waals surface area contributed by atoms with Gasteiger partial charge < -0.3 is 19.7 Å². The molecular weight excluding hydrogens is 388 g/mol. The quantitative estimate of drug-likeness (QED) is 0.538. The summed E-state index contributed by atoms with van der Waals surface area (Å²) >= 11 is 5.87. The molecule has 2 aromatic heterocycles. The molecule has 0 aromatic carbocycles. The summed E-state index contributed by atoms with van der Waals surface area (Å²) in [6, 6.07) is 3.07. The van der Waals surface area contributed by atoms with Crippen LogP contribution in [0.1, 0.15) is 22.4 Å². The molecule has 0 spiro atoms. The van der Waals surface area contributed by atoms with Crippen molar-refractivity contribution in [1.82, 2.24) is 19.8 Å². The first-order valence-electron chi connectivity index (χ1n) is 8.63. The third-order valence-electron chi connectivity index (χ3n) is 4.71. The number of fused-ring (bicyclic) bond motifs is 1. The molecule has 1 atom stereocenters. The van der Waals surface area contributed by atoms with Gasteiger partial charge in [0.25, 0.3) is 17.8 Å². The maximum absolute atomic E-state index is 12.9. The van der Waals surface area contributed by atoms with Crippen LogP contribution in [-0.2, 0) is 4.74 Å². The third kappa shape index (κ3) is 3.20. The number of amides is 2. The number of halogens is 1. The zero-order valence-electron chi connectivity index (χ0n) is 15.0. The number of nitrogens with zero attached hydrogens (tertiary/aromatic N) is 6. The van der Waals surface area contributed by atoms with Gasteiger partial charge in [0.1, 0.15) is 5.82 Å². The Morgan fingerprint density at radius 2 is 2.04 bits per heavy atom. The lowest BCUT2D eigenvalue weighted by molar-refractivity contribution is -0.618. The SMILES string of the molecule is CN1CCN(C(=O)O[C@H]2c3c(ncc[n+]3[O-])C(=O)N2c2ccc(Cl)cn2)CC1. The third-order valence-corrected chi connectivity index (χ3v) is 4.93. The van der Waals surface area contributed by atoms with E-state index in [0.29, 0.717) is 35.9 Å².